The molecule has 0 spiro atoms. The van der Waals surface area contributed by atoms with Crippen molar-refractivity contribution >= 4 is 21.4 Å². The molecule has 0 aliphatic carbocycles. The van der Waals surface area contributed by atoms with Gasteiger partial charge in [0.15, 0.2) is 0 Å². The molecule has 0 radical (unpaired) electrons. The number of nitrogens with two attached hydrogens (primary N) is 1. The van der Waals surface area contributed by atoms with Crippen LogP contribution >= 0.6 is 0 Å². The Balaban J connectivity index is 2.42. The van der Waals surface area contributed by atoms with Gasteiger partial charge in [0.2, 0.25) is 0 Å². The van der Waals surface area contributed by atoms with Gasteiger partial charge in [0, 0.05) is 12.7 Å². The highest BCUT2D eigenvalue weighted by Gasteiger charge is 2.21. The molecular formula is C14H16N2O2S. The number of hydrogen-bond donors (Lipinski definition) is 1. The minimum absolute atomic E-state index is 0.190. The summed E-state index contributed by atoms with van der Waals surface area (Å²) in [6.45, 7) is 1.95. The number of aryl methyl sites for hydroxylation is 1. The molecule has 0 saturated heterocycles. The van der Waals surface area contributed by atoms with Gasteiger partial charge in [-0.05, 0) is 37.3 Å². The number of rotatable bonds is 3. The predicted octanol–water partition coefficient (Wildman–Crippen LogP) is 2.40. The van der Waals surface area contributed by atoms with Gasteiger partial charge in [-0.15, -0.1) is 0 Å². The van der Waals surface area contributed by atoms with Crippen LogP contribution in [0.15, 0.2) is 53.4 Å². The lowest BCUT2D eigenvalue weighted by Crippen LogP contribution is -2.26. The molecule has 0 saturated carbocycles. The fourth-order valence-corrected chi connectivity index (χ4v) is 2.98. The van der Waals surface area contributed by atoms with Crippen LogP contribution in [0.4, 0.5) is 11.4 Å². The van der Waals surface area contributed by atoms with Crippen molar-refractivity contribution < 1.29 is 8.42 Å². The zero-order chi connectivity index (χ0) is 14.0. The Bertz CT molecular complexity index is 679. The van der Waals surface area contributed by atoms with Gasteiger partial charge >= 0.3 is 0 Å². The van der Waals surface area contributed by atoms with Crippen molar-refractivity contribution in [3.05, 3.63) is 54.1 Å². The molecule has 19 heavy (non-hydrogen) atoms. The van der Waals surface area contributed by atoms with Gasteiger partial charge < -0.3 is 5.73 Å². The highest BCUT2D eigenvalue weighted by atomic mass is 32.2. The molecule has 0 aliphatic heterocycles. The molecule has 0 amide bonds. The predicted molar refractivity (Wildman–Crippen MR) is 77.6 cm³/mol. The second-order valence-electron chi connectivity index (χ2n) is 4.38. The number of benzene rings is 2. The van der Waals surface area contributed by atoms with Crippen molar-refractivity contribution in [2.75, 3.05) is 17.1 Å². The molecule has 2 rings (SSSR count). The van der Waals surface area contributed by atoms with Gasteiger partial charge in [-0.2, -0.15) is 0 Å². The second-order valence-corrected chi connectivity index (χ2v) is 6.35. The standard InChI is InChI=1S/C14H16N2O2S/c1-11-6-8-13(9-7-11)16(2)19(17,18)14-5-3-4-12(15)10-14/h3-10H,15H2,1-2H3. The van der Waals surface area contributed by atoms with Crippen LogP contribution in [0.25, 0.3) is 0 Å². The quantitative estimate of drug-likeness (QED) is 0.876. The molecule has 0 atom stereocenters. The first-order valence-corrected chi connectivity index (χ1v) is 7.26. The van der Waals surface area contributed by atoms with E-state index in [2.05, 4.69) is 0 Å². The van der Waals surface area contributed by atoms with Gasteiger partial charge in [0.25, 0.3) is 10.0 Å². The summed E-state index contributed by atoms with van der Waals surface area (Å²) in [5.41, 5.74) is 7.76. The molecule has 2 N–H and O–H groups in total. The van der Waals surface area contributed by atoms with Gasteiger partial charge in [-0.1, -0.05) is 23.8 Å². The lowest BCUT2D eigenvalue weighted by molar-refractivity contribution is 0.594. The first kappa shape index (κ1) is 13.4. The maximum atomic E-state index is 12.4. The Morgan fingerprint density at radius 2 is 1.68 bits per heavy atom. The maximum Gasteiger partial charge on any atom is 0.264 e. The molecule has 5 heteroatoms. The van der Waals surface area contributed by atoms with E-state index < -0.39 is 10.0 Å². The van der Waals surface area contributed by atoms with Crippen LogP contribution in [-0.2, 0) is 10.0 Å². The summed E-state index contributed by atoms with van der Waals surface area (Å²) in [5, 5.41) is 0. The van der Waals surface area contributed by atoms with E-state index in [1.165, 1.54) is 23.5 Å². The van der Waals surface area contributed by atoms with Crippen LogP contribution in [0.5, 0.6) is 0 Å². The monoisotopic (exact) mass is 276 g/mol. The second kappa shape index (κ2) is 4.93. The number of hydrogen-bond acceptors (Lipinski definition) is 3. The van der Waals surface area contributed by atoms with E-state index in [-0.39, 0.29) is 4.90 Å². The van der Waals surface area contributed by atoms with Crippen molar-refractivity contribution in [1.82, 2.24) is 0 Å². The zero-order valence-electron chi connectivity index (χ0n) is 10.9. The van der Waals surface area contributed by atoms with Gasteiger partial charge in [0.05, 0.1) is 10.6 Å². The maximum absolute atomic E-state index is 12.4. The molecule has 2 aromatic carbocycles. The molecule has 0 heterocycles. The number of sulfonamides is 1. The van der Waals surface area contributed by atoms with Gasteiger partial charge in [-0.25, -0.2) is 8.42 Å². The van der Waals surface area contributed by atoms with Crippen molar-refractivity contribution in [3.8, 4) is 0 Å². The summed E-state index contributed by atoms with van der Waals surface area (Å²) in [6.07, 6.45) is 0. The Kier molecular flexibility index (Phi) is 3.48. The first-order chi connectivity index (χ1) is 8.91. The summed E-state index contributed by atoms with van der Waals surface area (Å²) in [5.74, 6) is 0. The van der Waals surface area contributed by atoms with Crippen molar-refractivity contribution in [3.63, 3.8) is 0 Å². The van der Waals surface area contributed by atoms with Crippen LogP contribution < -0.4 is 10.0 Å². The third kappa shape index (κ3) is 2.71. The van der Waals surface area contributed by atoms with Gasteiger partial charge in [-0.3, -0.25) is 4.31 Å². The molecule has 0 unspecified atom stereocenters. The molecule has 0 aromatic heterocycles. The molecule has 0 aliphatic rings. The lowest BCUT2D eigenvalue weighted by Gasteiger charge is -2.19. The van der Waals surface area contributed by atoms with Gasteiger partial charge in [0.1, 0.15) is 0 Å². The largest absolute Gasteiger partial charge is 0.399 e. The Labute approximate surface area is 113 Å². The molecule has 2 aromatic rings. The molecule has 4 nitrogen and oxygen atoms in total. The van der Waals surface area contributed by atoms with Crippen LogP contribution in [0.1, 0.15) is 5.56 Å². The highest BCUT2D eigenvalue weighted by molar-refractivity contribution is 7.92. The summed E-state index contributed by atoms with van der Waals surface area (Å²) >= 11 is 0. The minimum Gasteiger partial charge on any atom is -0.399 e. The lowest BCUT2D eigenvalue weighted by atomic mass is 10.2. The number of nitrogens with zero attached hydrogens (tertiary/aromatic N) is 1. The normalized spacial score (nSPS) is 11.3. The topological polar surface area (TPSA) is 63.4 Å². The van der Waals surface area contributed by atoms with E-state index in [4.69, 9.17) is 5.73 Å². The summed E-state index contributed by atoms with van der Waals surface area (Å²) in [7, 11) is -2.04. The van der Waals surface area contributed by atoms with E-state index in [0.29, 0.717) is 11.4 Å². The van der Waals surface area contributed by atoms with Crippen LogP contribution in [0.3, 0.4) is 0 Å². The fraction of sp³-hybridized carbons (Fsp3) is 0.143. The Morgan fingerprint density at radius 1 is 1.05 bits per heavy atom. The fourth-order valence-electron chi connectivity index (χ4n) is 1.73. The smallest absolute Gasteiger partial charge is 0.264 e. The van der Waals surface area contributed by atoms with Crippen LogP contribution in [0.2, 0.25) is 0 Å². The summed E-state index contributed by atoms with van der Waals surface area (Å²) in [4.78, 5) is 0.190. The van der Waals surface area contributed by atoms with Crippen LogP contribution in [0, 0.1) is 6.92 Å². The average molecular weight is 276 g/mol. The first-order valence-electron chi connectivity index (χ1n) is 5.82. The molecule has 0 fully saturated rings. The highest BCUT2D eigenvalue weighted by Crippen LogP contribution is 2.23. The van der Waals surface area contributed by atoms with Crippen LogP contribution in [-0.4, -0.2) is 15.5 Å². The van der Waals surface area contributed by atoms with E-state index in [1.54, 1.807) is 24.3 Å². The average Bonchev–Trinajstić information content (AvgIpc) is 2.39. The van der Waals surface area contributed by atoms with E-state index in [1.807, 2.05) is 19.1 Å². The molecule has 0 bridgehead atoms. The number of nitrogen functional groups attached to an aromatic ring is 1. The van der Waals surface area contributed by atoms with E-state index in [0.717, 1.165) is 5.56 Å². The van der Waals surface area contributed by atoms with E-state index in [9.17, 15) is 8.42 Å². The zero-order valence-corrected chi connectivity index (χ0v) is 11.7. The van der Waals surface area contributed by atoms with Crippen molar-refractivity contribution in [2.24, 2.45) is 0 Å². The summed E-state index contributed by atoms with van der Waals surface area (Å²) < 4.78 is 26.1. The Morgan fingerprint density at radius 3 is 2.26 bits per heavy atom. The molecular weight excluding hydrogens is 260 g/mol. The third-order valence-corrected chi connectivity index (χ3v) is 4.70. The van der Waals surface area contributed by atoms with Crippen molar-refractivity contribution in [2.45, 2.75) is 11.8 Å². The minimum atomic E-state index is -3.57. The number of anilines is 2. The van der Waals surface area contributed by atoms with Crippen molar-refractivity contribution in [1.29, 1.82) is 0 Å². The third-order valence-electron chi connectivity index (χ3n) is 2.91. The Hall–Kier alpha value is -2.01. The van der Waals surface area contributed by atoms with E-state index >= 15 is 0 Å². The SMILES string of the molecule is Cc1ccc(N(C)S(=O)(=O)c2cccc(N)c2)cc1. The molecule has 100 valence electrons. The summed E-state index contributed by atoms with van der Waals surface area (Å²) in [6, 6.07) is 13.6.